The molecule has 1 aromatic rings. The minimum atomic E-state index is 0.309. The zero-order valence-electron chi connectivity index (χ0n) is 11.9. The third-order valence-corrected chi connectivity index (χ3v) is 4.10. The quantitative estimate of drug-likeness (QED) is 0.841. The van der Waals surface area contributed by atoms with Gasteiger partial charge in [0.2, 0.25) is 0 Å². The summed E-state index contributed by atoms with van der Waals surface area (Å²) < 4.78 is 5.39. The summed E-state index contributed by atoms with van der Waals surface area (Å²) in [4.78, 5) is 2.58. The molecule has 2 heterocycles. The van der Waals surface area contributed by atoms with Gasteiger partial charge in [-0.3, -0.25) is 0 Å². The predicted octanol–water partition coefficient (Wildman–Crippen LogP) is 2.91. The summed E-state index contributed by atoms with van der Waals surface area (Å²) in [7, 11) is 0. The van der Waals surface area contributed by atoms with E-state index in [-0.39, 0.29) is 0 Å². The predicted molar refractivity (Wildman–Crippen MR) is 74.5 cm³/mol. The van der Waals surface area contributed by atoms with Crippen molar-refractivity contribution in [2.75, 3.05) is 26.2 Å². The van der Waals surface area contributed by atoms with Gasteiger partial charge in [0.1, 0.15) is 5.76 Å². The van der Waals surface area contributed by atoms with Gasteiger partial charge in [-0.05, 0) is 43.9 Å². The van der Waals surface area contributed by atoms with Crippen molar-refractivity contribution >= 4 is 0 Å². The Bertz CT molecular complexity index is 334. The Kier molecular flexibility index (Phi) is 4.84. The van der Waals surface area contributed by atoms with Crippen LogP contribution in [0.15, 0.2) is 22.8 Å². The van der Waals surface area contributed by atoms with Crippen molar-refractivity contribution in [2.24, 2.45) is 11.8 Å². The van der Waals surface area contributed by atoms with E-state index in [9.17, 15) is 0 Å². The summed E-state index contributed by atoms with van der Waals surface area (Å²) in [6.07, 6.45) is 3.10. The minimum absolute atomic E-state index is 0.309. The lowest BCUT2D eigenvalue weighted by atomic mass is 9.95. The van der Waals surface area contributed by atoms with E-state index in [0.29, 0.717) is 6.04 Å². The van der Waals surface area contributed by atoms with Gasteiger partial charge in [0, 0.05) is 19.6 Å². The molecule has 0 radical (unpaired) electrons. The zero-order chi connectivity index (χ0) is 13.0. The van der Waals surface area contributed by atoms with Gasteiger partial charge in [0.15, 0.2) is 0 Å². The molecule has 0 amide bonds. The fourth-order valence-corrected chi connectivity index (χ4v) is 2.69. The Hall–Kier alpha value is -0.800. The second kappa shape index (κ2) is 6.39. The molecule has 18 heavy (non-hydrogen) atoms. The van der Waals surface area contributed by atoms with Crippen molar-refractivity contribution in [1.82, 2.24) is 10.2 Å². The Balaban J connectivity index is 1.64. The highest BCUT2D eigenvalue weighted by Gasteiger charge is 2.24. The van der Waals surface area contributed by atoms with Crippen molar-refractivity contribution in [3.8, 4) is 0 Å². The molecule has 3 heteroatoms. The van der Waals surface area contributed by atoms with Crippen LogP contribution >= 0.6 is 0 Å². The van der Waals surface area contributed by atoms with Crippen LogP contribution in [0.3, 0.4) is 0 Å². The maximum absolute atomic E-state index is 5.39. The Morgan fingerprint density at radius 3 is 2.89 bits per heavy atom. The minimum Gasteiger partial charge on any atom is -0.468 e. The van der Waals surface area contributed by atoms with Crippen LogP contribution in [0.25, 0.3) is 0 Å². The van der Waals surface area contributed by atoms with E-state index >= 15 is 0 Å². The summed E-state index contributed by atoms with van der Waals surface area (Å²) in [5.74, 6) is 2.74. The SMILES string of the molecule is CC(NCCN1CCC(C(C)C)C1)c1ccco1. The average Bonchev–Trinajstić information content (AvgIpc) is 3.00. The molecule has 0 saturated carbocycles. The van der Waals surface area contributed by atoms with Crippen molar-refractivity contribution in [2.45, 2.75) is 33.2 Å². The van der Waals surface area contributed by atoms with E-state index in [2.05, 4.69) is 31.0 Å². The summed E-state index contributed by atoms with van der Waals surface area (Å²) in [5, 5.41) is 3.52. The molecule has 3 nitrogen and oxygen atoms in total. The average molecular weight is 250 g/mol. The van der Waals surface area contributed by atoms with E-state index in [4.69, 9.17) is 4.42 Å². The van der Waals surface area contributed by atoms with E-state index < -0.39 is 0 Å². The summed E-state index contributed by atoms with van der Waals surface area (Å²) >= 11 is 0. The molecule has 0 bridgehead atoms. The first-order chi connectivity index (χ1) is 8.66. The van der Waals surface area contributed by atoms with Crippen LogP contribution in [-0.4, -0.2) is 31.1 Å². The highest BCUT2D eigenvalue weighted by molar-refractivity contribution is 5.02. The maximum Gasteiger partial charge on any atom is 0.120 e. The number of furan rings is 1. The molecule has 0 aromatic carbocycles. The van der Waals surface area contributed by atoms with E-state index in [1.54, 1.807) is 6.26 Å². The number of rotatable bonds is 6. The molecule has 1 aliphatic heterocycles. The maximum atomic E-state index is 5.39. The molecule has 1 aliphatic rings. The normalized spacial score (nSPS) is 22.8. The number of nitrogens with one attached hydrogen (secondary N) is 1. The summed E-state index contributed by atoms with van der Waals surface area (Å²) in [5.41, 5.74) is 0. The van der Waals surface area contributed by atoms with Crippen LogP contribution in [0.1, 0.15) is 39.0 Å². The standard InChI is InChI=1S/C15H26N2O/c1-12(2)14-6-8-17(11-14)9-7-16-13(3)15-5-4-10-18-15/h4-5,10,12-14,16H,6-9,11H2,1-3H3. The highest BCUT2D eigenvalue weighted by atomic mass is 16.3. The molecular weight excluding hydrogens is 224 g/mol. The molecule has 2 atom stereocenters. The number of hydrogen-bond donors (Lipinski definition) is 1. The molecule has 1 N–H and O–H groups in total. The van der Waals surface area contributed by atoms with E-state index in [1.807, 2.05) is 12.1 Å². The monoisotopic (exact) mass is 250 g/mol. The van der Waals surface area contributed by atoms with Crippen LogP contribution in [0.5, 0.6) is 0 Å². The van der Waals surface area contributed by atoms with Gasteiger partial charge in [-0.25, -0.2) is 0 Å². The van der Waals surface area contributed by atoms with Gasteiger partial charge in [0.25, 0.3) is 0 Å². The Morgan fingerprint density at radius 2 is 2.28 bits per heavy atom. The van der Waals surface area contributed by atoms with Crippen LogP contribution in [0, 0.1) is 11.8 Å². The van der Waals surface area contributed by atoms with Crippen molar-refractivity contribution < 1.29 is 4.42 Å². The molecular formula is C15H26N2O. The van der Waals surface area contributed by atoms with Gasteiger partial charge in [-0.15, -0.1) is 0 Å². The molecule has 1 saturated heterocycles. The first-order valence-electron chi connectivity index (χ1n) is 7.16. The molecule has 2 rings (SSSR count). The first-order valence-corrected chi connectivity index (χ1v) is 7.16. The molecule has 1 fully saturated rings. The fourth-order valence-electron chi connectivity index (χ4n) is 2.69. The van der Waals surface area contributed by atoms with Crippen LogP contribution in [0.4, 0.5) is 0 Å². The van der Waals surface area contributed by atoms with Crippen molar-refractivity contribution in [1.29, 1.82) is 0 Å². The molecule has 0 spiro atoms. The molecule has 2 unspecified atom stereocenters. The lowest BCUT2D eigenvalue weighted by Gasteiger charge is -2.19. The van der Waals surface area contributed by atoms with Gasteiger partial charge in [0.05, 0.1) is 12.3 Å². The number of likely N-dealkylation sites (tertiary alicyclic amines) is 1. The van der Waals surface area contributed by atoms with Crippen LogP contribution in [0.2, 0.25) is 0 Å². The zero-order valence-corrected chi connectivity index (χ0v) is 11.9. The largest absolute Gasteiger partial charge is 0.468 e. The lowest BCUT2D eigenvalue weighted by Crippen LogP contribution is -2.32. The fraction of sp³-hybridized carbons (Fsp3) is 0.733. The van der Waals surface area contributed by atoms with Crippen molar-refractivity contribution in [3.63, 3.8) is 0 Å². The van der Waals surface area contributed by atoms with Gasteiger partial charge < -0.3 is 14.6 Å². The highest BCUT2D eigenvalue weighted by Crippen LogP contribution is 2.23. The second-order valence-corrected chi connectivity index (χ2v) is 5.78. The van der Waals surface area contributed by atoms with Crippen molar-refractivity contribution in [3.05, 3.63) is 24.2 Å². The van der Waals surface area contributed by atoms with E-state index in [0.717, 1.165) is 30.7 Å². The lowest BCUT2D eigenvalue weighted by molar-refractivity contribution is 0.295. The topological polar surface area (TPSA) is 28.4 Å². The summed E-state index contributed by atoms with van der Waals surface area (Å²) in [6, 6.07) is 4.28. The first kappa shape index (κ1) is 13.6. The third-order valence-electron chi connectivity index (χ3n) is 4.10. The smallest absolute Gasteiger partial charge is 0.120 e. The van der Waals surface area contributed by atoms with E-state index in [1.165, 1.54) is 19.5 Å². The second-order valence-electron chi connectivity index (χ2n) is 5.78. The van der Waals surface area contributed by atoms with Gasteiger partial charge >= 0.3 is 0 Å². The molecule has 0 aliphatic carbocycles. The Morgan fingerprint density at radius 1 is 1.44 bits per heavy atom. The van der Waals surface area contributed by atoms with Gasteiger partial charge in [-0.2, -0.15) is 0 Å². The summed E-state index contributed by atoms with van der Waals surface area (Å²) in [6.45, 7) is 11.5. The van der Waals surface area contributed by atoms with Crippen LogP contribution in [-0.2, 0) is 0 Å². The van der Waals surface area contributed by atoms with Crippen LogP contribution < -0.4 is 5.32 Å². The number of nitrogens with zero attached hydrogens (tertiary/aromatic N) is 1. The Labute approximate surface area is 111 Å². The third kappa shape index (κ3) is 3.59. The number of hydrogen-bond acceptors (Lipinski definition) is 3. The molecule has 1 aromatic heterocycles. The van der Waals surface area contributed by atoms with Gasteiger partial charge in [-0.1, -0.05) is 13.8 Å². The molecule has 102 valence electrons.